The first-order valence-corrected chi connectivity index (χ1v) is 9.63. The van der Waals surface area contributed by atoms with Gasteiger partial charge in [-0.15, -0.1) is 12.3 Å². The molecule has 0 bridgehead atoms. The third-order valence-electron chi connectivity index (χ3n) is 2.13. The molecule has 1 aromatic carbocycles. The molecule has 0 aliphatic heterocycles. The Morgan fingerprint density at radius 3 is 1.68 bits per heavy atom. The van der Waals surface area contributed by atoms with Crippen LogP contribution in [0.5, 0.6) is 0 Å². The van der Waals surface area contributed by atoms with E-state index in [2.05, 4.69) is 6.58 Å². The summed E-state index contributed by atoms with van der Waals surface area (Å²) >= 11 is 0. The van der Waals surface area contributed by atoms with Crippen LogP contribution in [0.25, 0.3) is 0 Å². The summed E-state index contributed by atoms with van der Waals surface area (Å²) in [6, 6.07) is 9.95. The van der Waals surface area contributed by atoms with E-state index in [0.717, 1.165) is 15.4 Å². The number of benzene rings is 1. The molecule has 0 radical (unpaired) electrons. The van der Waals surface area contributed by atoms with Crippen molar-refractivity contribution in [3.63, 3.8) is 0 Å². The summed E-state index contributed by atoms with van der Waals surface area (Å²) in [7, 11) is -1.54. The molecule has 0 unspecified atom stereocenters. The van der Waals surface area contributed by atoms with Crippen LogP contribution in [0.2, 0.25) is 0 Å². The average molecular weight is 299 g/mol. The SMILES string of the molecule is C=C[SiH3].CCO[Si](OCC)(OCC)c1ccccc1. The first-order chi connectivity index (χ1) is 9.20. The van der Waals surface area contributed by atoms with Crippen molar-refractivity contribution in [2.75, 3.05) is 19.8 Å². The molecular formula is C14H26O3Si2. The molecule has 5 heteroatoms. The Morgan fingerprint density at radius 2 is 1.37 bits per heavy atom. The van der Waals surface area contributed by atoms with Crippen molar-refractivity contribution in [2.24, 2.45) is 0 Å². The molecule has 0 heterocycles. The monoisotopic (exact) mass is 298 g/mol. The highest BCUT2D eigenvalue weighted by Crippen LogP contribution is 2.10. The van der Waals surface area contributed by atoms with E-state index >= 15 is 0 Å². The van der Waals surface area contributed by atoms with Crippen LogP contribution in [0, 0.1) is 0 Å². The van der Waals surface area contributed by atoms with Crippen LogP contribution in [-0.2, 0) is 13.3 Å². The van der Waals surface area contributed by atoms with Crippen molar-refractivity contribution >= 4 is 24.2 Å². The van der Waals surface area contributed by atoms with Crippen LogP contribution in [0.15, 0.2) is 42.6 Å². The van der Waals surface area contributed by atoms with E-state index in [4.69, 9.17) is 13.3 Å². The predicted octanol–water partition coefficient (Wildman–Crippen LogP) is 1.44. The molecule has 0 saturated heterocycles. The Bertz CT molecular complexity index is 314. The molecule has 19 heavy (non-hydrogen) atoms. The average Bonchev–Trinajstić information content (AvgIpc) is 2.41. The zero-order chi connectivity index (χ0) is 14.6. The van der Waals surface area contributed by atoms with Crippen molar-refractivity contribution in [3.05, 3.63) is 42.6 Å². The first-order valence-electron chi connectivity index (χ1n) is 6.75. The number of rotatable bonds is 7. The van der Waals surface area contributed by atoms with Gasteiger partial charge in [-0.1, -0.05) is 30.3 Å². The summed E-state index contributed by atoms with van der Waals surface area (Å²) in [5.41, 5.74) is 1.89. The van der Waals surface area contributed by atoms with Gasteiger partial charge in [0, 0.05) is 35.2 Å². The minimum absolute atomic E-state index is 0.598. The van der Waals surface area contributed by atoms with Gasteiger partial charge in [0.25, 0.3) is 0 Å². The van der Waals surface area contributed by atoms with Crippen molar-refractivity contribution < 1.29 is 13.3 Å². The van der Waals surface area contributed by atoms with Crippen LogP contribution in [0.1, 0.15) is 20.8 Å². The normalized spacial score (nSPS) is 10.7. The molecule has 0 spiro atoms. The van der Waals surface area contributed by atoms with Crippen LogP contribution >= 0.6 is 0 Å². The fourth-order valence-corrected chi connectivity index (χ4v) is 4.08. The van der Waals surface area contributed by atoms with Crippen molar-refractivity contribution in [1.82, 2.24) is 0 Å². The van der Waals surface area contributed by atoms with Gasteiger partial charge in [-0.05, 0) is 20.8 Å². The van der Waals surface area contributed by atoms with Crippen molar-refractivity contribution in [1.29, 1.82) is 0 Å². The summed E-state index contributed by atoms with van der Waals surface area (Å²) in [5.74, 6) is 0. The highest BCUT2D eigenvalue weighted by atomic mass is 28.4. The van der Waals surface area contributed by atoms with Gasteiger partial charge >= 0.3 is 8.80 Å². The molecule has 1 aromatic rings. The second-order valence-electron chi connectivity index (χ2n) is 3.63. The van der Waals surface area contributed by atoms with E-state index in [1.54, 1.807) is 0 Å². The van der Waals surface area contributed by atoms with Gasteiger partial charge in [-0.25, -0.2) is 0 Å². The molecule has 0 N–H and O–H groups in total. The second-order valence-corrected chi connectivity index (χ2v) is 7.00. The fraction of sp³-hybridized carbons (Fsp3) is 0.429. The van der Waals surface area contributed by atoms with Gasteiger partial charge < -0.3 is 13.3 Å². The summed E-state index contributed by atoms with van der Waals surface area (Å²) in [4.78, 5) is 0. The lowest BCUT2D eigenvalue weighted by Gasteiger charge is -2.28. The highest BCUT2D eigenvalue weighted by Gasteiger charge is 2.42. The van der Waals surface area contributed by atoms with Crippen LogP contribution < -0.4 is 5.19 Å². The molecule has 0 aliphatic carbocycles. The maximum atomic E-state index is 5.79. The van der Waals surface area contributed by atoms with E-state index in [9.17, 15) is 0 Å². The molecule has 108 valence electrons. The molecule has 0 aromatic heterocycles. The minimum atomic E-state index is -2.67. The molecule has 0 amide bonds. The number of hydrogen-bond acceptors (Lipinski definition) is 3. The number of hydrogen-bond donors (Lipinski definition) is 0. The maximum Gasteiger partial charge on any atom is 0.537 e. The topological polar surface area (TPSA) is 27.7 Å². The molecule has 0 saturated carbocycles. The fourth-order valence-electron chi connectivity index (χ4n) is 1.59. The lowest BCUT2D eigenvalue weighted by atomic mass is 10.4. The molecule has 3 nitrogen and oxygen atoms in total. The predicted molar refractivity (Wildman–Crippen MR) is 86.8 cm³/mol. The Hall–Kier alpha value is -0.726. The molecular weight excluding hydrogens is 272 g/mol. The first kappa shape index (κ1) is 18.3. The molecule has 0 fully saturated rings. The van der Waals surface area contributed by atoms with Crippen molar-refractivity contribution in [2.45, 2.75) is 20.8 Å². The zero-order valence-electron chi connectivity index (χ0n) is 12.5. The molecule has 0 atom stereocenters. The van der Waals surface area contributed by atoms with Gasteiger partial charge in [-0.3, -0.25) is 0 Å². The molecule has 1 rings (SSSR count). The quantitative estimate of drug-likeness (QED) is 0.713. The van der Waals surface area contributed by atoms with E-state index in [-0.39, 0.29) is 0 Å². The van der Waals surface area contributed by atoms with E-state index in [1.807, 2.05) is 56.8 Å². The lowest BCUT2D eigenvalue weighted by molar-refractivity contribution is 0.0859. The third-order valence-corrected chi connectivity index (χ3v) is 5.18. The van der Waals surface area contributed by atoms with Gasteiger partial charge in [0.05, 0.1) is 0 Å². The van der Waals surface area contributed by atoms with E-state index < -0.39 is 8.80 Å². The Labute approximate surface area is 121 Å². The third kappa shape index (κ3) is 6.31. The lowest BCUT2D eigenvalue weighted by Crippen LogP contribution is -2.56. The smallest absolute Gasteiger partial charge is 0.370 e. The van der Waals surface area contributed by atoms with Gasteiger partial charge in [0.15, 0.2) is 0 Å². The van der Waals surface area contributed by atoms with Gasteiger partial charge in [0.2, 0.25) is 0 Å². The van der Waals surface area contributed by atoms with Crippen LogP contribution in [-0.4, -0.2) is 38.9 Å². The summed E-state index contributed by atoms with van der Waals surface area (Å²) in [6.07, 6.45) is 0. The van der Waals surface area contributed by atoms with Gasteiger partial charge in [-0.2, -0.15) is 0 Å². The summed E-state index contributed by atoms with van der Waals surface area (Å²) < 4.78 is 17.4. The summed E-state index contributed by atoms with van der Waals surface area (Å²) in [6.45, 7) is 11.1. The van der Waals surface area contributed by atoms with Crippen LogP contribution in [0.4, 0.5) is 0 Å². The summed E-state index contributed by atoms with van der Waals surface area (Å²) in [5, 5.41) is 1.03. The van der Waals surface area contributed by atoms with E-state index in [1.165, 1.54) is 0 Å². The highest BCUT2D eigenvalue weighted by molar-refractivity contribution is 6.75. The zero-order valence-corrected chi connectivity index (χ0v) is 15.5. The minimum Gasteiger partial charge on any atom is -0.370 e. The largest absolute Gasteiger partial charge is 0.537 e. The second kappa shape index (κ2) is 11.1. The Kier molecular flexibility index (Phi) is 10.7. The Balaban J connectivity index is 0.000000982. The Morgan fingerprint density at radius 1 is 1.00 bits per heavy atom. The maximum absolute atomic E-state index is 5.79. The van der Waals surface area contributed by atoms with E-state index in [0.29, 0.717) is 19.8 Å². The van der Waals surface area contributed by atoms with Crippen LogP contribution in [0.3, 0.4) is 0 Å². The standard InChI is InChI=1S/C12H20O3Si.C2H6Si/c1-4-13-16(14-5-2,15-6-3)12-10-8-7-9-11-12;1-2-3/h7-11H,4-6H2,1-3H3;2H,1H2,3H3. The molecule has 0 aliphatic rings. The van der Waals surface area contributed by atoms with Crippen molar-refractivity contribution in [3.8, 4) is 0 Å². The van der Waals surface area contributed by atoms with Gasteiger partial charge in [0.1, 0.15) is 0 Å².